The van der Waals surface area contributed by atoms with E-state index >= 15 is 0 Å². The van der Waals surface area contributed by atoms with E-state index in [1.165, 1.54) is 43.6 Å². The first-order chi connectivity index (χ1) is 10.0. The second kappa shape index (κ2) is 7.84. The number of ether oxygens (including phenoxy) is 1. The highest BCUT2D eigenvalue weighted by Crippen LogP contribution is 2.22. The molecule has 1 heterocycles. The molecule has 1 aliphatic heterocycles. The second-order valence-corrected chi connectivity index (χ2v) is 7.14. The van der Waals surface area contributed by atoms with Gasteiger partial charge >= 0.3 is 0 Å². The number of rotatable bonds is 6. The first-order valence-electron chi connectivity index (χ1n) is 8.62. The fourth-order valence-corrected chi connectivity index (χ4v) is 3.33. The van der Waals surface area contributed by atoms with Gasteiger partial charge in [0.1, 0.15) is 5.75 Å². The summed E-state index contributed by atoms with van der Waals surface area (Å²) in [6, 6.07) is 6.62. The van der Waals surface area contributed by atoms with Crippen LogP contribution in [0.2, 0.25) is 0 Å². The summed E-state index contributed by atoms with van der Waals surface area (Å²) in [5.74, 6) is 2.51. The molecule has 21 heavy (non-hydrogen) atoms. The Kier molecular flexibility index (Phi) is 6.10. The SMILES string of the molecule is Cc1cc(OCCC[NH+]2CCC[C@@H](C)C2)cc(C(C)C)c1. The van der Waals surface area contributed by atoms with Crippen LogP contribution in [0.1, 0.15) is 57.1 Å². The lowest BCUT2D eigenvalue weighted by Crippen LogP contribution is -3.13. The standard InChI is InChI=1S/C19H31NO/c1-15(2)18-11-17(4)12-19(13-18)21-10-6-9-20-8-5-7-16(3)14-20/h11-13,15-16H,5-10,14H2,1-4H3/p+1/t16-/m1/s1. The molecule has 0 radical (unpaired) electrons. The van der Waals surface area contributed by atoms with Crippen molar-refractivity contribution in [1.82, 2.24) is 0 Å². The molecule has 2 nitrogen and oxygen atoms in total. The third-order valence-corrected chi connectivity index (χ3v) is 4.55. The molecule has 0 aromatic heterocycles. The zero-order valence-electron chi connectivity index (χ0n) is 14.2. The molecular formula is C19H32NO+. The van der Waals surface area contributed by atoms with Crippen LogP contribution in [-0.4, -0.2) is 26.2 Å². The van der Waals surface area contributed by atoms with Crippen molar-refractivity contribution in [3.63, 3.8) is 0 Å². The van der Waals surface area contributed by atoms with Crippen molar-refractivity contribution >= 4 is 0 Å². The molecule has 0 bridgehead atoms. The van der Waals surface area contributed by atoms with Crippen molar-refractivity contribution in [1.29, 1.82) is 0 Å². The Hall–Kier alpha value is -1.02. The molecule has 1 aromatic rings. The van der Waals surface area contributed by atoms with Crippen molar-refractivity contribution in [2.75, 3.05) is 26.2 Å². The molecule has 1 fully saturated rings. The highest BCUT2D eigenvalue weighted by Gasteiger charge is 2.18. The summed E-state index contributed by atoms with van der Waals surface area (Å²) in [7, 11) is 0. The molecule has 0 amide bonds. The summed E-state index contributed by atoms with van der Waals surface area (Å²) >= 11 is 0. The van der Waals surface area contributed by atoms with E-state index in [-0.39, 0.29) is 0 Å². The van der Waals surface area contributed by atoms with Crippen LogP contribution in [0.25, 0.3) is 0 Å². The smallest absolute Gasteiger partial charge is 0.119 e. The average molecular weight is 290 g/mol. The summed E-state index contributed by atoms with van der Waals surface area (Å²) < 4.78 is 5.98. The summed E-state index contributed by atoms with van der Waals surface area (Å²) in [5.41, 5.74) is 2.67. The lowest BCUT2D eigenvalue weighted by molar-refractivity contribution is -0.908. The van der Waals surface area contributed by atoms with Gasteiger partial charge in [-0.2, -0.15) is 0 Å². The van der Waals surface area contributed by atoms with Crippen LogP contribution >= 0.6 is 0 Å². The lowest BCUT2D eigenvalue weighted by Gasteiger charge is -2.27. The van der Waals surface area contributed by atoms with Crippen molar-refractivity contribution < 1.29 is 9.64 Å². The molecule has 1 saturated heterocycles. The van der Waals surface area contributed by atoms with E-state index in [9.17, 15) is 0 Å². The monoisotopic (exact) mass is 290 g/mol. The molecule has 118 valence electrons. The molecule has 1 aliphatic rings. The molecule has 2 atom stereocenters. The van der Waals surface area contributed by atoms with E-state index in [0.717, 1.165) is 24.7 Å². The molecule has 1 aromatic carbocycles. The highest BCUT2D eigenvalue weighted by molar-refractivity contribution is 5.35. The molecule has 2 rings (SSSR count). The maximum absolute atomic E-state index is 5.98. The molecule has 1 unspecified atom stereocenters. The molecule has 1 N–H and O–H groups in total. The van der Waals surface area contributed by atoms with Crippen molar-refractivity contribution in [3.05, 3.63) is 29.3 Å². The Labute approximate surface area is 130 Å². The summed E-state index contributed by atoms with van der Waals surface area (Å²) in [5, 5.41) is 0. The zero-order valence-corrected chi connectivity index (χ0v) is 14.2. The van der Waals surface area contributed by atoms with Gasteiger partial charge in [-0.05, 0) is 48.9 Å². The number of hydrogen-bond donors (Lipinski definition) is 1. The minimum Gasteiger partial charge on any atom is -0.493 e. The summed E-state index contributed by atoms with van der Waals surface area (Å²) in [4.78, 5) is 1.77. The topological polar surface area (TPSA) is 13.7 Å². The third kappa shape index (κ3) is 5.35. The van der Waals surface area contributed by atoms with Gasteiger partial charge in [-0.25, -0.2) is 0 Å². The molecule has 0 saturated carbocycles. The van der Waals surface area contributed by atoms with E-state index in [0.29, 0.717) is 5.92 Å². The van der Waals surface area contributed by atoms with Crippen LogP contribution in [0.4, 0.5) is 0 Å². The van der Waals surface area contributed by atoms with Gasteiger partial charge in [0.05, 0.1) is 26.2 Å². The van der Waals surface area contributed by atoms with Crippen LogP contribution in [0.3, 0.4) is 0 Å². The van der Waals surface area contributed by atoms with Crippen LogP contribution in [0, 0.1) is 12.8 Å². The number of benzene rings is 1. The maximum atomic E-state index is 5.98. The van der Waals surface area contributed by atoms with E-state index in [1.54, 1.807) is 4.90 Å². The van der Waals surface area contributed by atoms with Crippen LogP contribution in [0.15, 0.2) is 18.2 Å². The quantitative estimate of drug-likeness (QED) is 0.794. The maximum Gasteiger partial charge on any atom is 0.119 e. The van der Waals surface area contributed by atoms with Crippen LogP contribution in [-0.2, 0) is 0 Å². The minimum absolute atomic E-state index is 0.562. The number of quaternary nitrogens is 1. The Bertz CT molecular complexity index is 441. The van der Waals surface area contributed by atoms with E-state index in [2.05, 4.69) is 45.9 Å². The van der Waals surface area contributed by atoms with Gasteiger partial charge < -0.3 is 9.64 Å². The van der Waals surface area contributed by atoms with Gasteiger partial charge in [0.2, 0.25) is 0 Å². The average Bonchev–Trinajstić information content (AvgIpc) is 2.43. The van der Waals surface area contributed by atoms with Gasteiger partial charge in [0.15, 0.2) is 0 Å². The molecular weight excluding hydrogens is 258 g/mol. The first kappa shape index (κ1) is 16.4. The van der Waals surface area contributed by atoms with E-state index < -0.39 is 0 Å². The van der Waals surface area contributed by atoms with Gasteiger partial charge in [-0.3, -0.25) is 0 Å². The van der Waals surface area contributed by atoms with E-state index in [4.69, 9.17) is 4.74 Å². The van der Waals surface area contributed by atoms with Crippen molar-refractivity contribution in [3.8, 4) is 5.75 Å². The predicted molar refractivity (Wildman–Crippen MR) is 89.3 cm³/mol. The molecule has 2 heteroatoms. The summed E-state index contributed by atoms with van der Waals surface area (Å²) in [6.45, 7) is 13.8. The fraction of sp³-hybridized carbons (Fsp3) is 0.684. The third-order valence-electron chi connectivity index (χ3n) is 4.55. The number of nitrogens with one attached hydrogen (secondary N) is 1. The minimum atomic E-state index is 0.562. The largest absolute Gasteiger partial charge is 0.493 e. The molecule has 0 spiro atoms. The Morgan fingerprint density at radius 1 is 1.29 bits per heavy atom. The lowest BCUT2D eigenvalue weighted by atomic mass is 10.0. The zero-order chi connectivity index (χ0) is 15.2. The fourth-order valence-electron chi connectivity index (χ4n) is 3.33. The second-order valence-electron chi connectivity index (χ2n) is 7.14. The summed E-state index contributed by atoms with van der Waals surface area (Å²) in [6.07, 6.45) is 3.97. The van der Waals surface area contributed by atoms with Crippen LogP contribution in [0.5, 0.6) is 5.75 Å². The predicted octanol–water partition coefficient (Wildman–Crippen LogP) is 3.20. The Morgan fingerprint density at radius 3 is 2.81 bits per heavy atom. The van der Waals surface area contributed by atoms with Crippen molar-refractivity contribution in [2.24, 2.45) is 5.92 Å². The number of aryl methyl sites for hydroxylation is 1. The number of likely N-dealkylation sites (tertiary alicyclic amines) is 1. The highest BCUT2D eigenvalue weighted by atomic mass is 16.5. The normalized spacial score (nSPS) is 22.5. The Balaban J connectivity index is 1.75. The van der Waals surface area contributed by atoms with Gasteiger partial charge in [-0.15, -0.1) is 0 Å². The molecule has 0 aliphatic carbocycles. The number of hydrogen-bond acceptors (Lipinski definition) is 1. The number of piperidine rings is 1. The van der Waals surface area contributed by atoms with Crippen LogP contribution < -0.4 is 9.64 Å². The first-order valence-corrected chi connectivity index (χ1v) is 8.62. The van der Waals surface area contributed by atoms with Gasteiger partial charge in [-0.1, -0.05) is 26.8 Å². The van der Waals surface area contributed by atoms with Gasteiger partial charge in [0.25, 0.3) is 0 Å². The van der Waals surface area contributed by atoms with Crippen molar-refractivity contribution in [2.45, 2.75) is 52.9 Å². The Morgan fingerprint density at radius 2 is 2.10 bits per heavy atom. The van der Waals surface area contributed by atoms with E-state index in [1.807, 2.05) is 0 Å². The van der Waals surface area contributed by atoms with Gasteiger partial charge in [0, 0.05) is 12.3 Å².